The predicted molar refractivity (Wildman–Crippen MR) is 73.4 cm³/mol. The topological polar surface area (TPSA) is 38.7 Å². The number of benzene rings is 2. The molecule has 0 aliphatic rings. The maximum atomic E-state index is 11.8. The van der Waals surface area contributed by atoms with E-state index in [1.807, 2.05) is 42.5 Å². The summed E-state index contributed by atoms with van der Waals surface area (Å²) in [6.07, 6.45) is 1.60. The lowest BCUT2D eigenvalue weighted by Gasteiger charge is -1.99. The Labute approximate surface area is 109 Å². The number of hydrogen-bond donors (Lipinski definition) is 0. The SMILES string of the molecule is COc1ccc(/C=N/S(=O)c2ccccc2)cc1. The van der Waals surface area contributed by atoms with Gasteiger partial charge in [0.25, 0.3) is 0 Å². The minimum Gasteiger partial charge on any atom is -0.497 e. The molecule has 4 heteroatoms. The first-order valence-electron chi connectivity index (χ1n) is 5.44. The van der Waals surface area contributed by atoms with Crippen molar-refractivity contribution in [1.29, 1.82) is 0 Å². The van der Waals surface area contributed by atoms with Crippen LogP contribution in [0.25, 0.3) is 0 Å². The summed E-state index contributed by atoms with van der Waals surface area (Å²) in [5, 5.41) is 0. The van der Waals surface area contributed by atoms with E-state index >= 15 is 0 Å². The smallest absolute Gasteiger partial charge is 0.172 e. The van der Waals surface area contributed by atoms with Gasteiger partial charge in [0.1, 0.15) is 5.75 Å². The summed E-state index contributed by atoms with van der Waals surface area (Å²) in [7, 11) is 0.266. The van der Waals surface area contributed by atoms with Crippen molar-refractivity contribution in [3.8, 4) is 5.75 Å². The van der Waals surface area contributed by atoms with E-state index in [0.29, 0.717) is 4.90 Å². The second-order valence-electron chi connectivity index (χ2n) is 3.57. The molecule has 0 aromatic heterocycles. The number of nitrogens with zero attached hydrogens (tertiary/aromatic N) is 1. The van der Waals surface area contributed by atoms with Crippen LogP contribution in [0, 0.1) is 0 Å². The van der Waals surface area contributed by atoms with Gasteiger partial charge in [0, 0.05) is 6.21 Å². The van der Waals surface area contributed by atoms with Crippen molar-refractivity contribution in [1.82, 2.24) is 0 Å². The van der Waals surface area contributed by atoms with Crippen LogP contribution in [-0.4, -0.2) is 17.5 Å². The summed E-state index contributed by atoms with van der Waals surface area (Å²) in [4.78, 5) is 0.697. The van der Waals surface area contributed by atoms with Crippen molar-refractivity contribution >= 4 is 17.2 Å². The molecule has 0 spiro atoms. The van der Waals surface area contributed by atoms with Crippen molar-refractivity contribution in [2.24, 2.45) is 4.40 Å². The van der Waals surface area contributed by atoms with Gasteiger partial charge in [-0.05, 0) is 42.0 Å². The molecule has 3 nitrogen and oxygen atoms in total. The van der Waals surface area contributed by atoms with Crippen molar-refractivity contribution in [3.63, 3.8) is 0 Å². The van der Waals surface area contributed by atoms with E-state index in [-0.39, 0.29) is 0 Å². The second-order valence-corrected chi connectivity index (χ2v) is 4.75. The fourth-order valence-corrected chi connectivity index (χ4v) is 2.13. The van der Waals surface area contributed by atoms with Gasteiger partial charge in [-0.3, -0.25) is 0 Å². The molecular weight excluding hydrogens is 246 g/mol. The minimum absolute atomic E-state index is 0.697. The Morgan fingerprint density at radius 2 is 1.72 bits per heavy atom. The molecule has 0 radical (unpaired) electrons. The quantitative estimate of drug-likeness (QED) is 0.792. The van der Waals surface area contributed by atoms with Gasteiger partial charge in [0.15, 0.2) is 11.0 Å². The van der Waals surface area contributed by atoms with Crippen molar-refractivity contribution < 1.29 is 8.95 Å². The lowest BCUT2D eigenvalue weighted by atomic mass is 10.2. The standard InChI is InChI=1S/C14H13NO2S/c1-17-13-9-7-12(8-10-13)11-15-18(16)14-5-3-2-4-6-14/h2-11H,1H3/b15-11+. The molecule has 0 amide bonds. The summed E-state index contributed by atoms with van der Waals surface area (Å²) in [6, 6.07) is 16.6. The molecule has 92 valence electrons. The predicted octanol–water partition coefficient (Wildman–Crippen LogP) is 2.84. The van der Waals surface area contributed by atoms with E-state index in [0.717, 1.165) is 11.3 Å². The molecule has 1 unspecified atom stereocenters. The van der Waals surface area contributed by atoms with Gasteiger partial charge in [0.05, 0.1) is 12.0 Å². The van der Waals surface area contributed by atoms with Crippen LogP contribution in [0.5, 0.6) is 5.75 Å². The average molecular weight is 259 g/mol. The van der Waals surface area contributed by atoms with E-state index in [2.05, 4.69) is 4.40 Å². The van der Waals surface area contributed by atoms with Gasteiger partial charge in [-0.25, -0.2) is 4.21 Å². The number of rotatable bonds is 4. The first kappa shape index (κ1) is 12.5. The summed E-state index contributed by atoms with van der Waals surface area (Å²) in [6.45, 7) is 0. The third-order valence-electron chi connectivity index (χ3n) is 2.36. The molecule has 0 fully saturated rings. The van der Waals surface area contributed by atoms with Gasteiger partial charge in [-0.1, -0.05) is 18.2 Å². The summed E-state index contributed by atoms with van der Waals surface area (Å²) >= 11 is 0. The monoisotopic (exact) mass is 259 g/mol. The number of ether oxygens (including phenoxy) is 1. The molecule has 0 bridgehead atoms. The number of methoxy groups -OCH3 is 1. The van der Waals surface area contributed by atoms with Crippen LogP contribution in [0.15, 0.2) is 63.9 Å². The molecule has 2 aromatic rings. The van der Waals surface area contributed by atoms with Crippen LogP contribution in [0.4, 0.5) is 0 Å². The zero-order valence-corrected chi connectivity index (χ0v) is 10.8. The molecule has 0 saturated heterocycles. The highest BCUT2D eigenvalue weighted by molar-refractivity contribution is 7.83. The Bertz CT molecular complexity index is 550. The lowest BCUT2D eigenvalue weighted by Crippen LogP contribution is -1.89. The number of hydrogen-bond acceptors (Lipinski definition) is 2. The van der Waals surface area contributed by atoms with Crippen molar-refractivity contribution in [2.45, 2.75) is 4.90 Å². The molecular formula is C14H13NO2S. The largest absolute Gasteiger partial charge is 0.497 e. The molecule has 0 aliphatic carbocycles. The zero-order valence-electron chi connectivity index (χ0n) is 9.95. The van der Waals surface area contributed by atoms with Crippen LogP contribution in [-0.2, 0) is 11.0 Å². The lowest BCUT2D eigenvalue weighted by molar-refractivity contribution is 0.415. The highest BCUT2D eigenvalue weighted by atomic mass is 32.2. The highest BCUT2D eigenvalue weighted by Crippen LogP contribution is 2.11. The average Bonchev–Trinajstić information content (AvgIpc) is 2.46. The van der Waals surface area contributed by atoms with Gasteiger partial charge < -0.3 is 4.74 Å². The van der Waals surface area contributed by atoms with Crippen LogP contribution >= 0.6 is 0 Å². The maximum Gasteiger partial charge on any atom is 0.172 e. The molecule has 1 atom stereocenters. The van der Waals surface area contributed by atoms with E-state index in [1.54, 1.807) is 25.5 Å². The van der Waals surface area contributed by atoms with Gasteiger partial charge in [-0.15, -0.1) is 0 Å². The van der Waals surface area contributed by atoms with Gasteiger partial charge >= 0.3 is 0 Å². The van der Waals surface area contributed by atoms with Crippen molar-refractivity contribution in [3.05, 3.63) is 60.2 Å². The molecule has 2 aromatic carbocycles. The molecule has 0 aliphatic heterocycles. The Hall–Kier alpha value is -1.94. The van der Waals surface area contributed by atoms with Crippen LogP contribution in [0.2, 0.25) is 0 Å². The van der Waals surface area contributed by atoms with Gasteiger partial charge in [0.2, 0.25) is 0 Å². The summed E-state index contributed by atoms with van der Waals surface area (Å²) < 4.78 is 20.9. The van der Waals surface area contributed by atoms with Crippen molar-refractivity contribution in [2.75, 3.05) is 7.11 Å². The third-order valence-corrected chi connectivity index (χ3v) is 3.33. The Balaban J connectivity index is 2.08. The summed E-state index contributed by atoms with van der Waals surface area (Å²) in [5.41, 5.74) is 0.889. The highest BCUT2D eigenvalue weighted by Gasteiger charge is 1.98. The first-order valence-corrected chi connectivity index (χ1v) is 6.55. The fraction of sp³-hybridized carbons (Fsp3) is 0.0714. The minimum atomic E-state index is -1.35. The Kier molecular flexibility index (Phi) is 4.25. The van der Waals surface area contributed by atoms with Crippen LogP contribution in [0.1, 0.15) is 5.56 Å². The van der Waals surface area contributed by atoms with E-state index in [4.69, 9.17) is 4.74 Å². The van der Waals surface area contributed by atoms with E-state index < -0.39 is 11.0 Å². The van der Waals surface area contributed by atoms with Crippen LogP contribution in [0.3, 0.4) is 0 Å². The fourth-order valence-electron chi connectivity index (χ4n) is 1.40. The molecule has 2 rings (SSSR count). The summed E-state index contributed by atoms with van der Waals surface area (Å²) in [5.74, 6) is 0.788. The Morgan fingerprint density at radius 3 is 2.33 bits per heavy atom. The first-order chi connectivity index (χ1) is 8.79. The molecule has 0 saturated carbocycles. The van der Waals surface area contributed by atoms with E-state index in [9.17, 15) is 4.21 Å². The van der Waals surface area contributed by atoms with Gasteiger partial charge in [-0.2, -0.15) is 4.40 Å². The van der Waals surface area contributed by atoms with E-state index in [1.165, 1.54) is 0 Å². The zero-order chi connectivity index (χ0) is 12.8. The normalized spacial score (nSPS) is 12.5. The molecule has 0 heterocycles. The third kappa shape index (κ3) is 3.28. The molecule has 0 N–H and O–H groups in total. The van der Waals surface area contributed by atoms with Crippen LogP contribution < -0.4 is 4.74 Å². The molecule has 18 heavy (non-hydrogen) atoms. The second kappa shape index (κ2) is 6.12. The Morgan fingerprint density at radius 1 is 1.06 bits per heavy atom. The maximum absolute atomic E-state index is 11.8.